The van der Waals surface area contributed by atoms with Crippen LogP contribution in [0.3, 0.4) is 0 Å². The molecule has 2 aromatic rings. The molecule has 3 rings (SSSR count). The van der Waals surface area contributed by atoms with E-state index in [-0.39, 0.29) is 5.92 Å². The fraction of sp³-hybridized carbons (Fsp3) is 0.467. The predicted octanol–water partition coefficient (Wildman–Crippen LogP) is 2.48. The molecule has 0 bridgehead atoms. The number of anilines is 1. The molecule has 0 atom stereocenters. The molecule has 0 radical (unpaired) electrons. The molecule has 2 heterocycles. The van der Waals surface area contributed by atoms with Crippen molar-refractivity contribution in [2.45, 2.75) is 26.7 Å². The Labute approximate surface area is 117 Å². The molecular weight excluding hydrogens is 254 g/mol. The second kappa shape index (κ2) is 4.81. The van der Waals surface area contributed by atoms with Crippen molar-refractivity contribution < 1.29 is 9.90 Å². The van der Waals surface area contributed by atoms with Crippen molar-refractivity contribution >= 4 is 23.0 Å². The standard InChI is InChI=1S/C15H19N3O2/c1-9-7-12-13(8-10(9)2)17-15(16-12)18-5-3-11(4-6-18)14(19)20/h7-8,11H,3-6H2,1-2H3,(H,16,17)(H,19,20). The summed E-state index contributed by atoms with van der Waals surface area (Å²) in [5.74, 6) is -0.0329. The highest BCUT2D eigenvalue weighted by Gasteiger charge is 2.25. The fourth-order valence-corrected chi connectivity index (χ4v) is 2.74. The first-order valence-electron chi connectivity index (χ1n) is 6.99. The Morgan fingerprint density at radius 3 is 2.60 bits per heavy atom. The Morgan fingerprint density at radius 1 is 1.30 bits per heavy atom. The van der Waals surface area contributed by atoms with Crippen LogP contribution in [0.2, 0.25) is 0 Å². The number of piperidine rings is 1. The summed E-state index contributed by atoms with van der Waals surface area (Å²) in [5, 5.41) is 9.03. The molecule has 1 fully saturated rings. The molecule has 106 valence electrons. The number of rotatable bonds is 2. The van der Waals surface area contributed by atoms with Crippen molar-refractivity contribution in [3.8, 4) is 0 Å². The molecule has 5 heteroatoms. The van der Waals surface area contributed by atoms with Crippen LogP contribution < -0.4 is 4.90 Å². The van der Waals surface area contributed by atoms with Gasteiger partial charge in [0, 0.05) is 13.1 Å². The van der Waals surface area contributed by atoms with Crippen molar-refractivity contribution in [2.24, 2.45) is 5.92 Å². The third-order valence-corrected chi connectivity index (χ3v) is 4.23. The number of aromatic nitrogens is 2. The van der Waals surface area contributed by atoms with Gasteiger partial charge in [-0.3, -0.25) is 4.79 Å². The summed E-state index contributed by atoms with van der Waals surface area (Å²) in [6.07, 6.45) is 1.37. The minimum atomic E-state index is -0.680. The van der Waals surface area contributed by atoms with E-state index in [9.17, 15) is 4.79 Å². The lowest BCUT2D eigenvalue weighted by molar-refractivity contribution is -0.142. The number of hydrogen-bond donors (Lipinski definition) is 2. The molecule has 1 aromatic heterocycles. The molecule has 1 aliphatic rings. The molecule has 0 aliphatic carbocycles. The largest absolute Gasteiger partial charge is 0.481 e. The van der Waals surface area contributed by atoms with E-state index >= 15 is 0 Å². The number of hydrogen-bond acceptors (Lipinski definition) is 3. The maximum atomic E-state index is 11.0. The van der Waals surface area contributed by atoms with E-state index < -0.39 is 5.97 Å². The van der Waals surface area contributed by atoms with Crippen molar-refractivity contribution in [1.82, 2.24) is 9.97 Å². The maximum Gasteiger partial charge on any atom is 0.306 e. The number of aromatic amines is 1. The van der Waals surface area contributed by atoms with Crippen LogP contribution in [0.25, 0.3) is 11.0 Å². The minimum Gasteiger partial charge on any atom is -0.481 e. The zero-order valence-corrected chi connectivity index (χ0v) is 11.8. The third kappa shape index (κ3) is 2.24. The van der Waals surface area contributed by atoms with Crippen LogP contribution >= 0.6 is 0 Å². The fourth-order valence-electron chi connectivity index (χ4n) is 2.74. The van der Waals surface area contributed by atoms with Crippen LogP contribution in [0.4, 0.5) is 5.95 Å². The number of H-pyrrole nitrogens is 1. The summed E-state index contributed by atoms with van der Waals surface area (Å²) < 4.78 is 0. The lowest BCUT2D eigenvalue weighted by Gasteiger charge is -2.29. The van der Waals surface area contributed by atoms with Gasteiger partial charge in [0.2, 0.25) is 5.95 Å². The van der Waals surface area contributed by atoms with Gasteiger partial charge in [0.05, 0.1) is 17.0 Å². The van der Waals surface area contributed by atoms with E-state index in [1.54, 1.807) is 0 Å². The Balaban J connectivity index is 1.83. The first-order valence-corrected chi connectivity index (χ1v) is 6.99. The number of benzene rings is 1. The van der Waals surface area contributed by atoms with Gasteiger partial charge in [0.15, 0.2) is 0 Å². The van der Waals surface area contributed by atoms with Crippen molar-refractivity contribution in [1.29, 1.82) is 0 Å². The topological polar surface area (TPSA) is 69.2 Å². The monoisotopic (exact) mass is 273 g/mol. The van der Waals surface area contributed by atoms with Crippen LogP contribution in [0.1, 0.15) is 24.0 Å². The maximum absolute atomic E-state index is 11.0. The summed E-state index contributed by atoms with van der Waals surface area (Å²) in [5.41, 5.74) is 4.50. The van der Waals surface area contributed by atoms with E-state index in [2.05, 4.69) is 40.8 Å². The molecule has 1 aliphatic heterocycles. The van der Waals surface area contributed by atoms with Gasteiger partial charge in [0.1, 0.15) is 0 Å². The van der Waals surface area contributed by atoms with Gasteiger partial charge in [-0.25, -0.2) is 4.98 Å². The minimum absolute atomic E-state index is 0.208. The molecule has 0 spiro atoms. The van der Waals surface area contributed by atoms with Crippen LogP contribution in [-0.2, 0) is 4.79 Å². The van der Waals surface area contributed by atoms with Crippen LogP contribution in [0.15, 0.2) is 12.1 Å². The third-order valence-electron chi connectivity index (χ3n) is 4.23. The van der Waals surface area contributed by atoms with Gasteiger partial charge < -0.3 is 15.0 Å². The zero-order chi connectivity index (χ0) is 14.3. The Kier molecular flexibility index (Phi) is 3.12. The van der Waals surface area contributed by atoms with Gasteiger partial charge in [0.25, 0.3) is 0 Å². The molecule has 1 aromatic carbocycles. The van der Waals surface area contributed by atoms with E-state index in [1.165, 1.54) is 11.1 Å². The number of aliphatic carboxylic acids is 1. The summed E-state index contributed by atoms with van der Waals surface area (Å²) in [6, 6.07) is 4.21. The molecule has 0 unspecified atom stereocenters. The number of aryl methyl sites for hydroxylation is 2. The summed E-state index contributed by atoms with van der Waals surface area (Å²) >= 11 is 0. The second-order valence-electron chi connectivity index (χ2n) is 5.61. The first-order chi connectivity index (χ1) is 9.54. The lowest BCUT2D eigenvalue weighted by atomic mass is 9.97. The van der Waals surface area contributed by atoms with Crippen LogP contribution in [0.5, 0.6) is 0 Å². The van der Waals surface area contributed by atoms with Crippen LogP contribution in [-0.4, -0.2) is 34.1 Å². The summed E-state index contributed by atoms with van der Waals surface area (Å²) in [4.78, 5) is 21.1. The number of fused-ring (bicyclic) bond motifs is 1. The van der Waals surface area contributed by atoms with Gasteiger partial charge in [-0.15, -0.1) is 0 Å². The molecule has 0 saturated carbocycles. The molecule has 2 N–H and O–H groups in total. The molecular formula is C15H19N3O2. The molecule has 0 amide bonds. The molecule has 1 saturated heterocycles. The summed E-state index contributed by atoms with van der Waals surface area (Å²) in [7, 11) is 0. The highest BCUT2D eigenvalue weighted by atomic mass is 16.4. The number of carboxylic acid groups (broad SMARTS) is 1. The highest BCUT2D eigenvalue weighted by molar-refractivity contribution is 5.79. The Bertz CT molecular complexity index is 615. The zero-order valence-electron chi connectivity index (χ0n) is 11.8. The van der Waals surface area contributed by atoms with Gasteiger partial charge in [-0.1, -0.05) is 0 Å². The van der Waals surface area contributed by atoms with Crippen molar-refractivity contribution in [3.05, 3.63) is 23.3 Å². The average molecular weight is 273 g/mol. The SMILES string of the molecule is Cc1cc2nc(N3CCC(C(=O)O)CC3)[nH]c2cc1C. The molecule has 5 nitrogen and oxygen atoms in total. The highest BCUT2D eigenvalue weighted by Crippen LogP contribution is 2.25. The Hall–Kier alpha value is -2.04. The summed E-state index contributed by atoms with van der Waals surface area (Å²) in [6.45, 7) is 5.67. The van der Waals surface area contributed by atoms with Crippen LogP contribution in [0, 0.1) is 19.8 Å². The van der Waals surface area contributed by atoms with E-state index in [1.807, 2.05) is 0 Å². The van der Waals surface area contributed by atoms with Gasteiger partial charge in [-0.05, 0) is 49.9 Å². The molecule has 20 heavy (non-hydrogen) atoms. The normalized spacial score (nSPS) is 16.8. The van der Waals surface area contributed by atoms with Gasteiger partial charge in [-0.2, -0.15) is 0 Å². The number of carboxylic acids is 1. The Morgan fingerprint density at radius 2 is 1.95 bits per heavy atom. The lowest BCUT2D eigenvalue weighted by Crippen LogP contribution is -2.36. The average Bonchev–Trinajstić information content (AvgIpc) is 2.82. The first kappa shape index (κ1) is 13.0. The number of nitrogens with one attached hydrogen (secondary N) is 1. The number of carbonyl (C=O) groups is 1. The number of imidazole rings is 1. The number of nitrogens with zero attached hydrogens (tertiary/aromatic N) is 2. The van der Waals surface area contributed by atoms with E-state index in [0.717, 1.165) is 30.1 Å². The predicted molar refractivity (Wildman–Crippen MR) is 78.1 cm³/mol. The van der Waals surface area contributed by atoms with E-state index in [0.29, 0.717) is 12.8 Å². The quantitative estimate of drug-likeness (QED) is 0.882. The second-order valence-corrected chi connectivity index (χ2v) is 5.61. The smallest absolute Gasteiger partial charge is 0.306 e. The van der Waals surface area contributed by atoms with Crippen molar-refractivity contribution in [3.63, 3.8) is 0 Å². The van der Waals surface area contributed by atoms with Crippen molar-refractivity contribution in [2.75, 3.05) is 18.0 Å². The van der Waals surface area contributed by atoms with Gasteiger partial charge >= 0.3 is 5.97 Å². The van der Waals surface area contributed by atoms with E-state index in [4.69, 9.17) is 5.11 Å².